The summed E-state index contributed by atoms with van der Waals surface area (Å²) in [6.45, 7) is 8.26. The van der Waals surface area contributed by atoms with Crippen LogP contribution in [0.25, 0.3) is 0 Å². The van der Waals surface area contributed by atoms with E-state index in [1.165, 1.54) is 11.3 Å². The number of hydrogen-bond acceptors (Lipinski definition) is 4. The standard InChI is InChI=1S/C11H17NO3S/c1-5-15-11(3,4)10-12-7(2)8(16-10)6-9(13)14/h5-6H2,1-4H3,(H,13,14). The van der Waals surface area contributed by atoms with E-state index in [2.05, 4.69) is 4.98 Å². The van der Waals surface area contributed by atoms with Gasteiger partial charge < -0.3 is 9.84 Å². The first kappa shape index (κ1) is 13.1. The number of aromatic nitrogens is 1. The van der Waals surface area contributed by atoms with Crippen LogP contribution in [0.1, 0.15) is 36.3 Å². The summed E-state index contributed by atoms with van der Waals surface area (Å²) in [7, 11) is 0. The van der Waals surface area contributed by atoms with Gasteiger partial charge in [0, 0.05) is 11.5 Å². The zero-order chi connectivity index (χ0) is 12.3. The number of carboxylic acids is 1. The number of carboxylic acid groups (broad SMARTS) is 1. The van der Waals surface area contributed by atoms with E-state index in [1.54, 1.807) is 0 Å². The zero-order valence-electron chi connectivity index (χ0n) is 10.0. The minimum atomic E-state index is -0.826. The number of rotatable bonds is 5. The Morgan fingerprint density at radius 3 is 2.69 bits per heavy atom. The van der Waals surface area contributed by atoms with Crippen LogP contribution in [-0.4, -0.2) is 22.7 Å². The van der Waals surface area contributed by atoms with Gasteiger partial charge in [0.1, 0.15) is 10.6 Å². The van der Waals surface area contributed by atoms with Crippen molar-refractivity contribution in [2.45, 2.75) is 39.7 Å². The Bertz CT molecular complexity index is 385. The Balaban J connectivity index is 2.95. The van der Waals surface area contributed by atoms with Crippen LogP contribution >= 0.6 is 11.3 Å². The topological polar surface area (TPSA) is 59.4 Å². The maximum absolute atomic E-state index is 10.7. The molecule has 4 nitrogen and oxygen atoms in total. The molecule has 0 aromatic carbocycles. The SMILES string of the molecule is CCOC(C)(C)c1nc(C)c(CC(=O)O)s1. The summed E-state index contributed by atoms with van der Waals surface area (Å²) in [4.78, 5) is 15.8. The quantitative estimate of drug-likeness (QED) is 0.862. The first-order valence-electron chi connectivity index (χ1n) is 5.19. The van der Waals surface area contributed by atoms with Crippen LogP contribution in [0, 0.1) is 6.92 Å². The number of aliphatic carboxylic acids is 1. The molecule has 0 aliphatic carbocycles. The van der Waals surface area contributed by atoms with Crippen LogP contribution in [0.2, 0.25) is 0 Å². The Morgan fingerprint density at radius 1 is 1.56 bits per heavy atom. The van der Waals surface area contributed by atoms with E-state index in [-0.39, 0.29) is 6.42 Å². The first-order chi connectivity index (χ1) is 7.36. The number of thiazole rings is 1. The molecule has 0 saturated carbocycles. The van der Waals surface area contributed by atoms with Crippen molar-refractivity contribution in [3.05, 3.63) is 15.6 Å². The fraction of sp³-hybridized carbons (Fsp3) is 0.636. The van der Waals surface area contributed by atoms with E-state index < -0.39 is 11.6 Å². The number of aryl methyl sites for hydroxylation is 1. The summed E-state index contributed by atoms with van der Waals surface area (Å²) < 4.78 is 5.59. The first-order valence-corrected chi connectivity index (χ1v) is 6.01. The van der Waals surface area contributed by atoms with Crippen LogP contribution in [0.3, 0.4) is 0 Å². The average molecular weight is 243 g/mol. The summed E-state index contributed by atoms with van der Waals surface area (Å²) in [5.74, 6) is -0.826. The van der Waals surface area contributed by atoms with Crippen LogP contribution in [0.5, 0.6) is 0 Å². The van der Waals surface area contributed by atoms with Gasteiger partial charge in [-0.25, -0.2) is 4.98 Å². The van der Waals surface area contributed by atoms with Gasteiger partial charge in [-0.15, -0.1) is 11.3 Å². The summed E-state index contributed by atoms with van der Waals surface area (Å²) in [6, 6.07) is 0. The van der Waals surface area contributed by atoms with Crippen molar-refractivity contribution in [3.8, 4) is 0 Å². The van der Waals surface area contributed by atoms with Crippen LogP contribution in [0.15, 0.2) is 0 Å². The Labute approximate surface area is 99.3 Å². The van der Waals surface area contributed by atoms with E-state index in [9.17, 15) is 4.79 Å². The third-order valence-electron chi connectivity index (χ3n) is 2.22. The highest BCUT2D eigenvalue weighted by molar-refractivity contribution is 7.12. The lowest BCUT2D eigenvalue weighted by molar-refractivity contribution is -0.136. The molecule has 90 valence electrons. The average Bonchev–Trinajstić information content (AvgIpc) is 2.47. The Kier molecular flexibility index (Phi) is 4.04. The van der Waals surface area contributed by atoms with Crippen molar-refractivity contribution in [2.24, 2.45) is 0 Å². The molecule has 1 rings (SSSR count). The van der Waals surface area contributed by atoms with E-state index in [0.29, 0.717) is 6.61 Å². The highest BCUT2D eigenvalue weighted by Crippen LogP contribution is 2.30. The summed E-state index contributed by atoms with van der Waals surface area (Å²) in [5.41, 5.74) is 0.344. The minimum Gasteiger partial charge on any atom is -0.481 e. The molecule has 1 N–H and O–H groups in total. The maximum Gasteiger partial charge on any atom is 0.308 e. The molecular weight excluding hydrogens is 226 g/mol. The van der Waals surface area contributed by atoms with E-state index in [1.807, 2.05) is 27.7 Å². The molecular formula is C11H17NO3S. The highest BCUT2D eigenvalue weighted by atomic mass is 32.1. The van der Waals surface area contributed by atoms with Crippen molar-refractivity contribution in [3.63, 3.8) is 0 Å². The predicted molar refractivity (Wildman–Crippen MR) is 62.8 cm³/mol. The van der Waals surface area contributed by atoms with Crippen LogP contribution in [-0.2, 0) is 21.6 Å². The second-order valence-corrected chi connectivity index (χ2v) is 5.13. The predicted octanol–water partition coefficient (Wildman–Crippen LogP) is 2.35. The van der Waals surface area contributed by atoms with Gasteiger partial charge in [-0.05, 0) is 27.7 Å². The number of carbonyl (C=O) groups is 1. The van der Waals surface area contributed by atoms with Gasteiger partial charge in [-0.2, -0.15) is 0 Å². The van der Waals surface area contributed by atoms with Crippen molar-refractivity contribution in [2.75, 3.05) is 6.61 Å². The molecule has 5 heteroatoms. The van der Waals surface area contributed by atoms with Gasteiger partial charge >= 0.3 is 5.97 Å². The zero-order valence-corrected chi connectivity index (χ0v) is 10.8. The molecule has 1 heterocycles. The van der Waals surface area contributed by atoms with Crippen LogP contribution in [0.4, 0.5) is 0 Å². The fourth-order valence-electron chi connectivity index (χ4n) is 1.41. The Hall–Kier alpha value is -0.940. The van der Waals surface area contributed by atoms with Gasteiger partial charge in [0.25, 0.3) is 0 Å². The summed E-state index contributed by atoms with van der Waals surface area (Å²) in [6.07, 6.45) is 0.0334. The van der Waals surface area contributed by atoms with Gasteiger partial charge in [-0.3, -0.25) is 4.79 Å². The summed E-state index contributed by atoms with van der Waals surface area (Å²) in [5, 5.41) is 9.59. The molecule has 1 aromatic rings. The lowest BCUT2D eigenvalue weighted by atomic mass is 10.1. The molecule has 0 aliphatic heterocycles. The molecule has 0 radical (unpaired) electrons. The molecule has 0 saturated heterocycles. The second-order valence-electron chi connectivity index (χ2n) is 4.04. The van der Waals surface area contributed by atoms with Crippen LogP contribution < -0.4 is 0 Å². The lowest BCUT2D eigenvalue weighted by Crippen LogP contribution is -2.21. The smallest absolute Gasteiger partial charge is 0.308 e. The fourth-order valence-corrected chi connectivity index (χ4v) is 2.52. The van der Waals surface area contributed by atoms with E-state index in [0.717, 1.165) is 15.6 Å². The number of ether oxygens (including phenoxy) is 1. The highest BCUT2D eigenvalue weighted by Gasteiger charge is 2.26. The molecule has 0 amide bonds. The van der Waals surface area contributed by atoms with Gasteiger partial charge in [0.2, 0.25) is 0 Å². The molecule has 0 spiro atoms. The maximum atomic E-state index is 10.7. The molecule has 16 heavy (non-hydrogen) atoms. The van der Waals surface area contributed by atoms with Crippen molar-refractivity contribution in [1.29, 1.82) is 0 Å². The molecule has 0 aliphatic rings. The molecule has 0 bridgehead atoms. The number of nitrogens with zero attached hydrogens (tertiary/aromatic N) is 1. The molecule has 0 fully saturated rings. The second kappa shape index (κ2) is 4.93. The van der Waals surface area contributed by atoms with Crippen molar-refractivity contribution >= 4 is 17.3 Å². The van der Waals surface area contributed by atoms with E-state index in [4.69, 9.17) is 9.84 Å². The molecule has 1 aromatic heterocycles. The normalized spacial score (nSPS) is 11.8. The number of hydrogen-bond donors (Lipinski definition) is 1. The van der Waals surface area contributed by atoms with Gasteiger partial charge in [-0.1, -0.05) is 0 Å². The molecule has 0 unspecified atom stereocenters. The third-order valence-corrected chi connectivity index (χ3v) is 3.69. The third kappa shape index (κ3) is 3.02. The summed E-state index contributed by atoms with van der Waals surface area (Å²) >= 11 is 1.42. The van der Waals surface area contributed by atoms with E-state index >= 15 is 0 Å². The largest absolute Gasteiger partial charge is 0.481 e. The Morgan fingerprint density at radius 2 is 2.19 bits per heavy atom. The minimum absolute atomic E-state index is 0.0334. The van der Waals surface area contributed by atoms with Gasteiger partial charge in [0.15, 0.2) is 0 Å². The monoisotopic (exact) mass is 243 g/mol. The van der Waals surface area contributed by atoms with Gasteiger partial charge in [0.05, 0.1) is 12.1 Å². The van der Waals surface area contributed by atoms with Crippen molar-refractivity contribution in [1.82, 2.24) is 4.98 Å². The van der Waals surface area contributed by atoms with Crippen molar-refractivity contribution < 1.29 is 14.6 Å². The molecule has 0 atom stereocenters. The lowest BCUT2D eigenvalue weighted by Gasteiger charge is -2.21.